The van der Waals surface area contributed by atoms with Crippen LogP contribution in [0.4, 0.5) is 0 Å². The molecule has 0 spiro atoms. The van der Waals surface area contributed by atoms with Crippen molar-refractivity contribution in [2.75, 3.05) is 7.11 Å². The third-order valence-electron chi connectivity index (χ3n) is 2.55. The molecule has 2 rings (SSSR count). The number of benzene rings is 1. The number of methoxy groups -OCH3 is 1. The average Bonchev–Trinajstić information content (AvgIpc) is 2.53. The Kier molecular flexibility index (Phi) is 4.28. The molecule has 0 saturated carbocycles. The number of amides is 2. The Morgan fingerprint density at radius 2 is 1.75 bits per heavy atom. The van der Waals surface area contributed by atoms with Crippen molar-refractivity contribution in [2.45, 2.75) is 0 Å². The molecule has 0 atom stereocenters. The minimum Gasteiger partial charge on any atom is -0.497 e. The zero-order valence-corrected chi connectivity index (χ0v) is 10.8. The SMILES string of the molecule is COc1cccc(C(=O)NNC(=O)c2cccnc2)c1. The zero-order chi connectivity index (χ0) is 14.4. The highest BCUT2D eigenvalue weighted by Crippen LogP contribution is 2.11. The fourth-order valence-electron chi connectivity index (χ4n) is 1.52. The van der Waals surface area contributed by atoms with Gasteiger partial charge in [0.2, 0.25) is 0 Å². The lowest BCUT2D eigenvalue weighted by molar-refractivity contribution is 0.0846. The second-order valence-electron chi connectivity index (χ2n) is 3.88. The quantitative estimate of drug-likeness (QED) is 0.821. The van der Waals surface area contributed by atoms with E-state index < -0.39 is 11.8 Å². The number of nitrogens with one attached hydrogen (secondary N) is 2. The van der Waals surface area contributed by atoms with Crippen molar-refractivity contribution in [1.82, 2.24) is 15.8 Å². The molecule has 2 N–H and O–H groups in total. The summed E-state index contributed by atoms with van der Waals surface area (Å²) in [5.74, 6) is -0.299. The largest absolute Gasteiger partial charge is 0.497 e. The Morgan fingerprint density at radius 1 is 1.05 bits per heavy atom. The highest BCUT2D eigenvalue weighted by atomic mass is 16.5. The lowest BCUT2D eigenvalue weighted by atomic mass is 10.2. The highest BCUT2D eigenvalue weighted by molar-refractivity contribution is 5.99. The van der Waals surface area contributed by atoms with Crippen LogP contribution >= 0.6 is 0 Å². The Hall–Kier alpha value is -2.89. The van der Waals surface area contributed by atoms with Gasteiger partial charge in [-0.05, 0) is 30.3 Å². The van der Waals surface area contributed by atoms with E-state index >= 15 is 0 Å². The summed E-state index contributed by atoms with van der Waals surface area (Å²) in [6.45, 7) is 0. The smallest absolute Gasteiger partial charge is 0.271 e. The predicted molar refractivity (Wildman–Crippen MR) is 72.2 cm³/mol. The lowest BCUT2D eigenvalue weighted by Crippen LogP contribution is -2.41. The summed E-state index contributed by atoms with van der Waals surface area (Å²) < 4.78 is 5.02. The van der Waals surface area contributed by atoms with E-state index in [1.54, 1.807) is 42.6 Å². The van der Waals surface area contributed by atoms with E-state index in [2.05, 4.69) is 15.8 Å². The summed E-state index contributed by atoms with van der Waals surface area (Å²) in [6, 6.07) is 9.85. The molecule has 1 aromatic carbocycles. The number of hydrogen-bond donors (Lipinski definition) is 2. The van der Waals surface area contributed by atoms with Gasteiger partial charge < -0.3 is 4.74 Å². The van der Waals surface area contributed by atoms with Gasteiger partial charge >= 0.3 is 0 Å². The van der Waals surface area contributed by atoms with Gasteiger partial charge in [-0.25, -0.2) is 0 Å². The Bertz CT molecular complexity index is 614. The first-order valence-electron chi connectivity index (χ1n) is 5.85. The number of hydrogen-bond acceptors (Lipinski definition) is 4. The molecule has 0 aliphatic heterocycles. The van der Waals surface area contributed by atoms with Crippen LogP contribution in [0.3, 0.4) is 0 Å². The Labute approximate surface area is 115 Å². The molecule has 102 valence electrons. The van der Waals surface area contributed by atoms with Crippen molar-refractivity contribution >= 4 is 11.8 Å². The minimum absolute atomic E-state index is 0.360. The van der Waals surface area contributed by atoms with Gasteiger partial charge in [0.25, 0.3) is 11.8 Å². The van der Waals surface area contributed by atoms with E-state index in [-0.39, 0.29) is 0 Å². The first-order chi connectivity index (χ1) is 9.70. The summed E-state index contributed by atoms with van der Waals surface area (Å²) in [5, 5.41) is 0. The summed E-state index contributed by atoms with van der Waals surface area (Å²) in [4.78, 5) is 27.4. The standard InChI is InChI=1S/C14H13N3O3/c1-20-12-6-2-4-10(8-12)13(18)16-17-14(19)11-5-3-7-15-9-11/h2-9H,1H3,(H,16,18)(H,17,19). The van der Waals surface area contributed by atoms with Crippen LogP contribution in [0.2, 0.25) is 0 Å². The second kappa shape index (κ2) is 6.33. The van der Waals surface area contributed by atoms with Crippen molar-refractivity contribution in [2.24, 2.45) is 0 Å². The molecule has 2 amide bonds. The molecule has 0 saturated heterocycles. The van der Waals surface area contributed by atoms with Gasteiger partial charge in [-0.3, -0.25) is 25.4 Å². The third-order valence-corrected chi connectivity index (χ3v) is 2.55. The minimum atomic E-state index is -0.436. The molecule has 0 radical (unpaired) electrons. The summed E-state index contributed by atoms with van der Waals surface area (Å²) in [7, 11) is 1.52. The van der Waals surface area contributed by atoms with E-state index in [1.807, 2.05) is 0 Å². The molecule has 20 heavy (non-hydrogen) atoms. The van der Waals surface area contributed by atoms with Crippen molar-refractivity contribution in [1.29, 1.82) is 0 Å². The number of pyridine rings is 1. The first-order valence-corrected chi connectivity index (χ1v) is 5.85. The second-order valence-corrected chi connectivity index (χ2v) is 3.88. The predicted octanol–water partition coefficient (Wildman–Crippen LogP) is 1.16. The number of carbonyl (C=O) groups excluding carboxylic acids is 2. The molecule has 6 heteroatoms. The molecule has 0 unspecified atom stereocenters. The molecular weight excluding hydrogens is 258 g/mol. The molecule has 6 nitrogen and oxygen atoms in total. The molecule has 0 aliphatic carbocycles. The Balaban J connectivity index is 1.97. The number of ether oxygens (including phenoxy) is 1. The van der Waals surface area contributed by atoms with Gasteiger partial charge in [-0.1, -0.05) is 6.07 Å². The molecule has 1 heterocycles. The van der Waals surface area contributed by atoms with Gasteiger partial charge in [-0.2, -0.15) is 0 Å². The van der Waals surface area contributed by atoms with Gasteiger partial charge in [0, 0.05) is 18.0 Å². The number of aromatic nitrogens is 1. The number of hydrazine groups is 1. The van der Waals surface area contributed by atoms with Crippen LogP contribution in [0.1, 0.15) is 20.7 Å². The van der Waals surface area contributed by atoms with Gasteiger partial charge in [-0.15, -0.1) is 0 Å². The molecule has 2 aromatic rings. The van der Waals surface area contributed by atoms with Crippen LogP contribution in [-0.2, 0) is 0 Å². The third kappa shape index (κ3) is 3.32. The maximum atomic E-state index is 11.9. The molecule has 0 aliphatic rings. The summed E-state index contributed by atoms with van der Waals surface area (Å²) in [6.07, 6.45) is 2.97. The number of nitrogens with zero attached hydrogens (tertiary/aromatic N) is 1. The normalized spacial score (nSPS) is 9.65. The summed E-state index contributed by atoms with van der Waals surface area (Å²) in [5.41, 5.74) is 5.39. The molecule has 0 fully saturated rings. The topological polar surface area (TPSA) is 80.3 Å². The molecule has 0 bridgehead atoms. The van der Waals surface area contributed by atoms with Crippen LogP contribution in [-0.4, -0.2) is 23.9 Å². The number of rotatable bonds is 3. The fraction of sp³-hybridized carbons (Fsp3) is 0.0714. The molecule has 1 aromatic heterocycles. The maximum Gasteiger partial charge on any atom is 0.271 e. The van der Waals surface area contributed by atoms with Crippen molar-refractivity contribution in [3.8, 4) is 5.75 Å². The van der Waals surface area contributed by atoms with Crippen molar-refractivity contribution in [3.05, 3.63) is 59.9 Å². The lowest BCUT2D eigenvalue weighted by Gasteiger charge is -2.08. The highest BCUT2D eigenvalue weighted by Gasteiger charge is 2.09. The fourth-order valence-corrected chi connectivity index (χ4v) is 1.52. The van der Waals surface area contributed by atoms with E-state index in [0.717, 1.165) is 0 Å². The average molecular weight is 271 g/mol. The van der Waals surface area contributed by atoms with E-state index in [9.17, 15) is 9.59 Å². The van der Waals surface area contributed by atoms with Crippen LogP contribution in [0.25, 0.3) is 0 Å². The van der Waals surface area contributed by atoms with Crippen LogP contribution in [0.15, 0.2) is 48.8 Å². The van der Waals surface area contributed by atoms with Crippen molar-refractivity contribution in [3.63, 3.8) is 0 Å². The monoisotopic (exact) mass is 271 g/mol. The zero-order valence-electron chi connectivity index (χ0n) is 10.8. The Morgan fingerprint density at radius 3 is 2.40 bits per heavy atom. The van der Waals surface area contributed by atoms with Crippen LogP contribution in [0.5, 0.6) is 5.75 Å². The number of carbonyl (C=O) groups is 2. The summed E-state index contributed by atoms with van der Waals surface area (Å²) >= 11 is 0. The van der Waals surface area contributed by atoms with Crippen molar-refractivity contribution < 1.29 is 14.3 Å². The molecular formula is C14H13N3O3. The van der Waals surface area contributed by atoms with E-state index in [1.165, 1.54) is 13.3 Å². The van der Waals surface area contributed by atoms with Crippen LogP contribution < -0.4 is 15.6 Å². The van der Waals surface area contributed by atoms with Gasteiger partial charge in [0.05, 0.1) is 12.7 Å². The maximum absolute atomic E-state index is 11.9. The van der Waals surface area contributed by atoms with Crippen LogP contribution in [0, 0.1) is 0 Å². The van der Waals surface area contributed by atoms with E-state index in [4.69, 9.17) is 4.74 Å². The van der Waals surface area contributed by atoms with Gasteiger partial charge in [0.15, 0.2) is 0 Å². The first kappa shape index (κ1) is 13.5. The van der Waals surface area contributed by atoms with E-state index in [0.29, 0.717) is 16.9 Å². The van der Waals surface area contributed by atoms with Gasteiger partial charge in [0.1, 0.15) is 5.75 Å².